The molecule has 0 unspecified atom stereocenters. The highest BCUT2D eigenvalue weighted by Gasteiger charge is 1.99. The minimum atomic E-state index is 0.769. The highest BCUT2D eigenvalue weighted by molar-refractivity contribution is 5.80. The molecule has 14 heavy (non-hydrogen) atoms. The number of aromatic nitrogens is 1. The third-order valence-electron chi connectivity index (χ3n) is 2.62. The maximum absolute atomic E-state index is 5.49. The summed E-state index contributed by atoms with van der Waals surface area (Å²) in [5, 5.41) is 1.31. The second kappa shape index (κ2) is 3.84. The number of benzene rings is 1. The van der Waals surface area contributed by atoms with Crippen LogP contribution in [0.2, 0.25) is 0 Å². The molecule has 2 rings (SSSR count). The Morgan fingerprint density at radius 2 is 2.14 bits per heavy atom. The molecule has 0 spiro atoms. The van der Waals surface area contributed by atoms with E-state index in [-0.39, 0.29) is 0 Å². The SMILES string of the molecule is Cn1ccc2ccc(CCCN)cc21. The Labute approximate surface area is 84.3 Å². The normalized spacial score (nSPS) is 11.0. The fraction of sp³-hybridized carbons (Fsp3) is 0.333. The summed E-state index contributed by atoms with van der Waals surface area (Å²) >= 11 is 0. The van der Waals surface area contributed by atoms with Gasteiger partial charge in [-0.05, 0) is 42.5 Å². The number of rotatable bonds is 3. The molecule has 1 aromatic heterocycles. The molecule has 0 aliphatic rings. The van der Waals surface area contributed by atoms with Gasteiger partial charge in [0, 0.05) is 18.8 Å². The smallest absolute Gasteiger partial charge is 0.0480 e. The van der Waals surface area contributed by atoms with Crippen LogP contribution >= 0.6 is 0 Å². The van der Waals surface area contributed by atoms with Crippen molar-refractivity contribution in [3.63, 3.8) is 0 Å². The van der Waals surface area contributed by atoms with Crippen LogP contribution in [-0.2, 0) is 13.5 Å². The van der Waals surface area contributed by atoms with Crippen LogP contribution in [0, 0.1) is 0 Å². The van der Waals surface area contributed by atoms with E-state index < -0.39 is 0 Å². The molecule has 0 saturated heterocycles. The van der Waals surface area contributed by atoms with E-state index in [1.165, 1.54) is 16.5 Å². The van der Waals surface area contributed by atoms with Crippen LogP contribution in [0.5, 0.6) is 0 Å². The average Bonchev–Trinajstić information content (AvgIpc) is 2.57. The Hall–Kier alpha value is -1.28. The summed E-state index contributed by atoms with van der Waals surface area (Å²) in [7, 11) is 2.08. The molecule has 2 nitrogen and oxygen atoms in total. The van der Waals surface area contributed by atoms with E-state index in [0.717, 1.165) is 19.4 Å². The molecule has 74 valence electrons. The van der Waals surface area contributed by atoms with E-state index in [1.807, 2.05) is 0 Å². The molecule has 0 aliphatic carbocycles. The molecule has 0 aliphatic heterocycles. The second-order valence-corrected chi connectivity index (χ2v) is 3.71. The highest BCUT2D eigenvalue weighted by Crippen LogP contribution is 2.17. The number of nitrogens with two attached hydrogens (primary N) is 1. The van der Waals surface area contributed by atoms with Gasteiger partial charge >= 0.3 is 0 Å². The fourth-order valence-electron chi connectivity index (χ4n) is 1.77. The largest absolute Gasteiger partial charge is 0.351 e. The topological polar surface area (TPSA) is 30.9 Å². The van der Waals surface area contributed by atoms with Crippen molar-refractivity contribution in [1.29, 1.82) is 0 Å². The van der Waals surface area contributed by atoms with Gasteiger partial charge in [-0.15, -0.1) is 0 Å². The molecule has 1 heterocycles. The Kier molecular flexibility index (Phi) is 2.55. The zero-order valence-electron chi connectivity index (χ0n) is 8.53. The molecule has 0 bridgehead atoms. The molecule has 1 aromatic carbocycles. The summed E-state index contributed by atoms with van der Waals surface area (Å²) in [5.41, 5.74) is 8.18. The van der Waals surface area contributed by atoms with Gasteiger partial charge in [-0.1, -0.05) is 12.1 Å². The third-order valence-corrected chi connectivity index (χ3v) is 2.62. The predicted octanol–water partition coefficient (Wildman–Crippen LogP) is 2.07. The van der Waals surface area contributed by atoms with Gasteiger partial charge in [0.1, 0.15) is 0 Å². The van der Waals surface area contributed by atoms with Crippen LogP contribution < -0.4 is 5.73 Å². The van der Waals surface area contributed by atoms with Crippen LogP contribution in [0.1, 0.15) is 12.0 Å². The standard InChI is InChI=1S/C12H16N2/c1-14-8-6-11-5-4-10(3-2-7-13)9-12(11)14/h4-6,8-9H,2-3,7,13H2,1H3. The molecular formula is C12H16N2. The van der Waals surface area contributed by atoms with E-state index in [1.54, 1.807) is 0 Å². The van der Waals surface area contributed by atoms with E-state index in [0.29, 0.717) is 0 Å². The molecule has 0 saturated carbocycles. The molecule has 2 N–H and O–H groups in total. The molecular weight excluding hydrogens is 172 g/mol. The van der Waals surface area contributed by atoms with Gasteiger partial charge in [-0.25, -0.2) is 0 Å². The molecule has 0 amide bonds. The van der Waals surface area contributed by atoms with Crippen LogP contribution in [0.15, 0.2) is 30.5 Å². The van der Waals surface area contributed by atoms with E-state index in [4.69, 9.17) is 5.73 Å². The summed E-state index contributed by atoms with van der Waals surface area (Å²) in [5.74, 6) is 0. The van der Waals surface area contributed by atoms with Crippen molar-refractivity contribution < 1.29 is 0 Å². The average molecular weight is 188 g/mol. The number of hydrogen-bond donors (Lipinski definition) is 1. The van der Waals surface area contributed by atoms with E-state index >= 15 is 0 Å². The lowest BCUT2D eigenvalue weighted by molar-refractivity contribution is 0.832. The third kappa shape index (κ3) is 1.66. The minimum absolute atomic E-state index is 0.769. The van der Waals surface area contributed by atoms with Crippen molar-refractivity contribution >= 4 is 10.9 Å². The second-order valence-electron chi connectivity index (χ2n) is 3.71. The molecule has 0 fully saturated rings. The summed E-state index contributed by atoms with van der Waals surface area (Å²) < 4.78 is 2.15. The molecule has 0 radical (unpaired) electrons. The zero-order valence-corrected chi connectivity index (χ0v) is 8.53. The van der Waals surface area contributed by atoms with Gasteiger partial charge in [0.2, 0.25) is 0 Å². The van der Waals surface area contributed by atoms with Gasteiger partial charge in [0.25, 0.3) is 0 Å². The monoisotopic (exact) mass is 188 g/mol. The first kappa shape index (κ1) is 9.28. The molecule has 0 atom stereocenters. The lowest BCUT2D eigenvalue weighted by Gasteiger charge is -2.01. The Balaban J connectivity index is 2.34. The lowest BCUT2D eigenvalue weighted by Crippen LogP contribution is -2.00. The maximum atomic E-state index is 5.49. The Morgan fingerprint density at radius 1 is 1.29 bits per heavy atom. The first-order valence-corrected chi connectivity index (χ1v) is 5.05. The van der Waals surface area contributed by atoms with Crippen molar-refractivity contribution in [1.82, 2.24) is 4.57 Å². The van der Waals surface area contributed by atoms with Gasteiger partial charge in [0.15, 0.2) is 0 Å². The van der Waals surface area contributed by atoms with Gasteiger partial charge < -0.3 is 10.3 Å². The lowest BCUT2D eigenvalue weighted by atomic mass is 10.1. The van der Waals surface area contributed by atoms with Crippen LogP contribution in [-0.4, -0.2) is 11.1 Å². The number of hydrogen-bond acceptors (Lipinski definition) is 1. The van der Waals surface area contributed by atoms with Crippen molar-refractivity contribution in [3.8, 4) is 0 Å². The first-order chi connectivity index (χ1) is 6.81. The molecule has 2 heteroatoms. The number of nitrogens with zero attached hydrogens (tertiary/aromatic N) is 1. The highest BCUT2D eigenvalue weighted by atomic mass is 14.9. The number of aryl methyl sites for hydroxylation is 2. The fourth-order valence-corrected chi connectivity index (χ4v) is 1.77. The Morgan fingerprint density at radius 3 is 2.93 bits per heavy atom. The van der Waals surface area contributed by atoms with Gasteiger partial charge in [-0.2, -0.15) is 0 Å². The van der Waals surface area contributed by atoms with E-state index in [9.17, 15) is 0 Å². The Bertz CT molecular complexity index is 429. The summed E-state index contributed by atoms with van der Waals surface area (Å²) in [6.45, 7) is 0.769. The molecule has 2 aromatic rings. The summed E-state index contributed by atoms with van der Waals surface area (Å²) in [6.07, 6.45) is 4.24. The first-order valence-electron chi connectivity index (χ1n) is 5.05. The predicted molar refractivity (Wildman–Crippen MR) is 60.3 cm³/mol. The van der Waals surface area contributed by atoms with Gasteiger partial charge in [-0.3, -0.25) is 0 Å². The van der Waals surface area contributed by atoms with Gasteiger partial charge in [0.05, 0.1) is 0 Å². The van der Waals surface area contributed by atoms with Crippen molar-refractivity contribution in [2.75, 3.05) is 6.54 Å². The number of fused-ring (bicyclic) bond motifs is 1. The van der Waals surface area contributed by atoms with Crippen molar-refractivity contribution in [2.24, 2.45) is 12.8 Å². The van der Waals surface area contributed by atoms with Crippen molar-refractivity contribution in [2.45, 2.75) is 12.8 Å². The quantitative estimate of drug-likeness (QED) is 0.785. The van der Waals surface area contributed by atoms with Crippen LogP contribution in [0.4, 0.5) is 0 Å². The summed E-state index contributed by atoms with van der Waals surface area (Å²) in [4.78, 5) is 0. The van der Waals surface area contributed by atoms with E-state index in [2.05, 4.69) is 42.1 Å². The maximum Gasteiger partial charge on any atom is 0.0480 e. The zero-order chi connectivity index (χ0) is 9.97. The van der Waals surface area contributed by atoms with Crippen molar-refractivity contribution in [3.05, 3.63) is 36.0 Å². The van der Waals surface area contributed by atoms with Crippen LogP contribution in [0.25, 0.3) is 10.9 Å². The summed E-state index contributed by atoms with van der Waals surface area (Å²) in [6, 6.07) is 8.77. The minimum Gasteiger partial charge on any atom is -0.351 e. The van der Waals surface area contributed by atoms with Crippen LogP contribution in [0.3, 0.4) is 0 Å².